The van der Waals surface area contributed by atoms with Gasteiger partial charge in [0.25, 0.3) is 0 Å². The van der Waals surface area contributed by atoms with Crippen molar-refractivity contribution in [2.45, 2.75) is 6.29 Å². The molecule has 0 fully saturated rings. The van der Waals surface area contributed by atoms with Gasteiger partial charge in [-0.1, -0.05) is 12.1 Å². The molecule has 1 aromatic rings. The van der Waals surface area contributed by atoms with Crippen LogP contribution in [0.3, 0.4) is 0 Å². The summed E-state index contributed by atoms with van der Waals surface area (Å²) in [6, 6.07) is 6.49. The largest absolute Gasteiger partial charge is 0.497 e. The maximum absolute atomic E-state index is 8.29. The van der Waals surface area contributed by atoms with Crippen molar-refractivity contribution in [3.63, 3.8) is 0 Å². The van der Waals surface area contributed by atoms with Crippen molar-refractivity contribution in [3.8, 4) is 5.75 Å². The summed E-state index contributed by atoms with van der Waals surface area (Å²) in [6.45, 7) is 0. The minimum atomic E-state index is -1.19. The van der Waals surface area contributed by atoms with E-state index in [1.54, 1.807) is 24.3 Å². The standard InChI is InChI=1S/C8H10O5/c1-11-7-4-2-6(3-5-7)8(12-9)13-10/h2-5,8-10H,1H3. The van der Waals surface area contributed by atoms with Gasteiger partial charge in [-0.3, -0.25) is 0 Å². The molecule has 0 amide bonds. The Labute approximate surface area is 74.9 Å². The first kappa shape index (κ1) is 9.94. The lowest BCUT2D eigenvalue weighted by Gasteiger charge is -2.09. The second-order valence-corrected chi connectivity index (χ2v) is 2.32. The number of rotatable bonds is 4. The first-order chi connectivity index (χ1) is 6.31. The van der Waals surface area contributed by atoms with E-state index in [-0.39, 0.29) is 0 Å². The van der Waals surface area contributed by atoms with Crippen LogP contribution in [0.4, 0.5) is 0 Å². The van der Waals surface area contributed by atoms with Gasteiger partial charge in [0, 0.05) is 5.56 Å². The number of hydrogen-bond donors (Lipinski definition) is 2. The maximum Gasteiger partial charge on any atom is 0.248 e. The lowest BCUT2D eigenvalue weighted by molar-refractivity contribution is -0.437. The Morgan fingerprint density at radius 3 is 2.00 bits per heavy atom. The molecule has 0 heterocycles. The van der Waals surface area contributed by atoms with Crippen LogP contribution in [-0.4, -0.2) is 17.6 Å². The van der Waals surface area contributed by atoms with Crippen LogP contribution in [0.1, 0.15) is 11.9 Å². The van der Waals surface area contributed by atoms with E-state index in [2.05, 4.69) is 9.78 Å². The Hall–Kier alpha value is -1.14. The molecular formula is C8H10O5. The van der Waals surface area contributed by atoms with Crippen LogP contribution in [0, 0.1) is 0 Å². The Morgan fingerprint density at radius 2 is 1.62 bits per heavy atom. The average molecular weight is 186 g/mol. The van der Waals surface area contributed by atoms with Gasteiger partial charge in [-0.05, 0) is 12.1 Å². The third-order valence-corrected chi connectivity index (χ3v) is 1.58. The van der Waals surface area contributed by atoms with Crippen LogP contribution in [-0.2, 0) is 9.78 Å². The molecule has 0 aromatic heterocycles. The van der Waals surface area contributed by atoms with E-state index in [9.17, 15) is 0 Å². The molecule has 0 spiro atoms. The molecule has 5 nitrogen and oxygen atoms in total. The van der Waals surface area contributed by atoms with Crippen molar-refractivity contribution in [1.29, 1.82) is 0 Å². The summed E-state index contributed by atoms with van der Waals surface area (Å²) in [5.41, 5.74) is 0.478. The topological polar surface area (TPSA) is 68.2 Å². The van der Waals surface area contributed by atoms with E-state index < -0.39 is 6.29 Å². The molecule has 5 heteroatoms. The monoisotopic (exact) mass is 186 g/mol. The van der Waals surface area contributed by atoms with Crippen LogP contribution in [0.15, 0.2) is 24.3 Å². The number of benzene rings is 1. The van der Waals surface area contributed by atoms with Crippen molar-refractivity contribution < 1.29 is 25.0 Å². The normalized spacial score (nSPS) is 10.5. The molecule has 0 saturated heterocycles. The molecule has 0 atom stereocenters. The molecular weight excluding hydrogens is 176 g/mol. The van der Waals surface area contributed by atoms with Crippen molar-refractivity contribution in [2.75, 3.05) is 7.11 Å². The minimum Gasteiger partial charge on any atom is -0.497 e. The zero-order valence-electron chi connectivity index (χ0n) is 7.01. The molecule has 0 aliphatic carbocycles. The average Bonchev–Trinajstić information content (AvgIpc) is 2.21. The quantitative estimate of drug-likeness (QED) is 0.425. The molecule has 0 aliphatic rings. The molecule has 0 bridgehead atoms. The summed E-state index contributed by atoms with van der Waals surface area (Å²) in [5.74, 6) is 0.665. The molecule has 0 aliphatic heterocycles. The first-order valence-electron chi connectivity index (χ1n) is 3.56. The van der Waals surface area contributed by atoms with Gasteiger partial charge in [-0.25, -0.2) is 10.5 Å². The fourth-order valence-corrected chi connectivity index (χ4v) is 0.902. The lowest BCUT2D eigenvalue weighted by Crippen LogP contribution is -2.03. The Bertz CT molecular complexity index is 241. The summed E-state index contributed by atoms with van der Waals surface area (Å²) in [4.78, 5) is 7.69. The van der Waals surface area contributed by atoms with Gasteiger partial charge in [0.1, 0.15) is 5.75 Å². The predicted molar refractivity (Wildman–Crippen MR) is 43.2 cm³/mol. The van der Waals surface area contributed by atoms with Crippen LogP contribution in [0.2, 0.25) is 0 Å². The highest BCUT2D eigenvalue weighted by Gasteiger charge is 2.11. The van der Waals surface area contributed by atoms with Gasteiger partial charge in [0.15, 0.2) is 0 Å². The molecule has 0 unspecified atom stereocenters. The molecule has 0 radical (unpaired) electrons. The van der Waals surface area contributed by atoms with Crippen molar-refractivity contribution in [1.82, 2.24) is 0 Å². The highest BCUT2D eigenvalue weighted by molar-refractivity contribution is 5.27. The third kappa shape index (κ3) is 2.40. The van der Waals surface area contributed by atoms with Gasteiger partial charge < -0.3 is 4.74 Å². The van der Waals surface area contributed by atoms with Gasteiger partial charge in [-0.15, -0.1) is 0 Å². The fraction of sp³-hybridized carbons (Fsp3) is 0.250. The Morgan fingerprint density at radius 1 is 1.08 bits per heavy atom. The SMILES string of the molecule is COc1ccc(C(OO)OO)cc1. The van der Waals surface area contributed by atoms with E-state index in [1.807, 2.05) is 0 Å². The van der Waals surface area contributed by atoms with Crippen LogP contribution in [0.5, 0.6) is 5.75 Å². The first-order valence-corrected chi connectivity index (χ1v) is 3.56. The number of methoxy groups -OCH3 is 1. The molecule has 1 aromatic carbocycles. The summed E-state index contributed by atoms with van der Waals surface area (Å²) in [5, 5.41) is 16.6. The summed E-state index contributed by atoms with van der Waals surface area (Å²) >= 11 is 0. The summed E-state index contributed by atoms with van der Waals surface area (Å²) in [6.07, 6.45) is -1.19. The minimum absolute atomic E-state index is 0.478. The van der Waals surface area contributed by atoms with E-state index in [0.717, 1.165) is 0 Å². The Kier molecular flexibility index (Phi) is 3.66. The van der Waals surface area contributed by atoms with Crippen molar-refractivity contribution >= 4 is 0 Å². The Balaban J connectivity index is 2.78. The highest BCUT2D eigenvalue weighted by atomic mass is 17.2. The maximum atomic E-state index is 8.29. The molecule has 72 valence electrons. The smallest absolute Gasteiger partial charge is 0.248 e. The van der Waals surface area contributed by atoms with Crippen LogP contribution >= 0.6 is 0 Å². The van der Waals surface area contributed by atoms with Crippen LogP contribution < -0.4 is 4.74 Å². The van der Waals surface area contributed by atoms with Gasteiger partial charge >= 0.3 is 0 Å². The lowest BCUT2D eigenvalue weighted by atomic mass is 10.2. The fourth-order valence-electron chi connectivity index (χ4n) is 0.902. The van der Waals surface area contributed by atoms with Crippen LogP contribution in [0.25, 0.3) is 0 Å². The van der Waals surface area contributed by atoms with E-state index in [1.165, 1.54) is 7.11 Å². The van der Waals surface area contributed by atoms with E-state index >= 15 is 0 Å². The van der Waals surface area contributed by atoms with Gasteiger partial charge in [0.2, 0.25) is 6.29 Å². The summed E-state index contributed by atoms with van der Waals surface area (Å²) in [7, 11) is 1.54. The highest BCUT2D eigenvalue weighted by Crippen LogP contribution is 2.19. The second-order valence-electron chi connectivity index (χ2n) is 2.32. The van der Waals surface area contributed by atoms with E-state index in [4.69, 9.17) is 15.3 Å². The van der Waals surface area contributed by atoms with Crippen molar-refractivity contribution in [2.24, 2.45) is 0 Å². The van der Waals surface area contributed by atoms with Gasteiger partial charge in [-0.2, -0.15) is 9.78 Å². The molecule has 2 N–H and O–H groups in total. The molecule has 1 rings (SSSR count). The number of ether oxygens (including phenoxy) is 1. The second kappa shape index (κ2) is 4.78. The van der Waals surface area contributed by atoms with Crippen molar-refractivity contribution in [3.05, 3.63) is 29.8 Å². The van der Waals surface area contributed by atoms with E-state index in [0.29, 0.717) is 11.3 Å². The van der Waals surface area contributed by atoms with Gasteiger partial charge in [0.05, 0.1) is 7.11 Å². The summed E-state index contributed by atoms with van der Waals surface area (Å²) < 4.78 is 4.91. The predicted octanol–water partition coefficient (Wildman–Crippen LogP) is 1.67. The third-order valence-electron chi connectivity index (χ3n) is 1.58. The zero-order valence-corrected chi connectivity index (χ0v) is 7.01. The number of hydrogen-bond acceptors (Lipinski definition) is 5. The zero-order chi connectivity index (χ0) is 9.68. The molecule has 0 saturated carbocycles. The molecule has 13 heavy (non-hydrogen) atoms.